The molecule has 0 saturated carbocycles. The fourth-order valence-electron chi connectivity index (χ4n) is 0.920. The van der Waals surface area contributed by atoms with Gasteiger partial charge in [0.25, 0.3) is 0 Å². The quantitative estimate of drug-likeness (QED) is 0.714. The van der Waals surface area contributed by atoms with Crippen molar-refractivity contribution in [3.8, 4) is 0 Å². The van der Waals surface area contributed by atoms with Gasteiger partial charge in [-0.2, -0.15) is 0 Å². The van der Waals surface area contributed by atoms with Crippen molar-refractivity contribution in [2.75, 3.05) is 6.61 Å². The van der Waals surface area contributed by atoms with E-state index in [1.807, 2.05) is 6.92 Å². The molecule has 0 radical (unpaired) electrons. The Balaban J connectivity index is 4.17. The highest BCUT2D eigenvalue weighted by molar-refractivity contribution is 6.74. The normalized spacial score (nSPS) is 15.9. The van der Waals surface area contributed by atoms with Crippen LogP contribution in [0.3, 0.4) is 0 Å². The Morgan fingerprint density at radius 3 is 2.08 bits per heavy atom. The molecule has 0 fully saturated rings. The first kappa shape index (κ1) is 13.1. The highest BCUT2D eigenvalue weighted by atomic mass is 28.4. The molecule has 1 atom stereocenters. The lowest BCUT2D eigenvalue weighted by Gasteiger charge is -2.38. The molecule has 0 spiro atoms. The van der Waals surface area contributed by atoms with Crippen LogP contribution in [0.15, 0.2) is 0 Å². The van der Waals surface area contributed by atoms with Crippen LogP contribution in [0.5, 0.6) is 0 Å². The summed E-state index contributed by atoms with van der Waals surface area (Å²) in [6.45, 7) is 13.4. The van der Waals surface area contributed by atoms with E-state index in [9.17, 15) is 0 Å². The molecule has 1 N–H and O–H groups in total. The van der Waals surface area contributed by atoms with Gasteiger partial charge in [-0.05, 0) is 31.5 Å². The predicted octanol–water partition coefficient (Wildman–Crippen LogP) is 2.78. The number of hydrogen-bond acceptors (Lipinski definition) is 2. The number of aliphatic hydroxyl groups excluding tert-OH is 1. The van der Waals surface area contributed by atoms with E-state index in [2.05, 4.69) is 33.9 Å². The standard InChI is InChI=1S/C10H24O2Si/c1-9(7-8-11)12-13(5,6)10(2,3)4/h9,11H,7-8H2,1-6H3/t9-/m0/s1. The van der Waals surface area contributed by atoms with Gasteiger partial charge >= 0.3 is 0 Å². The second-order valence-corrected chi connectivity index (χ2v) is 9.96. The topological polar surface area (TPSA) is 29.5 Å². The van der Waals surface area contributed by atoms with Crippen molar-refractivity contribution in [3.63, 3.8) is 0 Å². The smallest absolute Gasteiger partial charge is 0.192 e. The molecule has 0 heterocycles. The fraction of sp³-hybridized carbons (Fsp3) is 1.00. The molecule has 0 aliphatic rings. The van der Waals surface area contributed by atoms with Crippen molar-refractivity contribution in [1.82, 2.24) is 0 Å². The second-order valence-electron chi connectivity index (χ2n) is 5.20. The van der Waals surface area contributed by atoms with Gasteiger partial charge in [-0.15, -0.1) is 0 Å². The van der Waals surface area contributed by atoms with E-state index in [0.29, 0.717) is 0 Å². The molecule has 0 unspecified atom stereocenters. The molecule has 0 rings (SSSR count). The number of aliphatic hydroxyl groups is 1. The Labute approximate surface area is 83.4 Å². The molecule has 13 heavy (non-hydrogen) atoms. The monoisotopic (exact) mass is 204 g/mol. The van der Waals surface area contributed by atoms with E-state index >= 15 is 0 Å². The molecule has 0 amide bonds. The summed E-state index contributed by atoms with van der Waals surface area (Å²) < 4.78 is 6.02. The molecule has 0 aliphatic heterocycles. The van der Waals surface area contributed by atoms with Gasteiger partial charge < -0.3 is 9.53 Å². The van der Waals surface area contributed by atoms with Crippen LogP contribution >= 0.6 is 0 Å². The molecular weight excluding hydrogens is 180 g/mol. The van der Waals surface area contributed by atoms with E-state index in [-0.39, 0.29) is 17.7 Å². The first-order chi connectivity index (χ1) is 5.70. The second kappa shape index (κ2) is 4.58. The summed E-state index contributed by atoms with van der Waals surface area (Å²) in [5.74, 6) is 0. The third kappa shape index (κ3) is 4.25. The van der Waals surface area contributed by atoms with Crippen molar-refractivity contribution in [2.24, 2.45) is 0 Å². The molecular formula is C10H24O2Si. The summed E-state index contributed by atoms with van der Waals surface area (Å²) in [5.41, 5.74) is 0. The van der Waals surface area contributed by atoms with E-state index < -0.39 is 8.32 Å². The van der Waals surface area contributed by atoms with E-state index in [0.717, 1.165) is 6.42 Å². The summed E-state index contributed by atoms with van der Waals surface area (Å²) in [5, 5.41) is 9.03. The molecule has 0 aliphatic carbocycles. The van der Waals surface area contributed by atoms with Crippen LogP contribution in [0.4, 0.5) is 0 Å². The van der Waals surface area contributed by atoms with Crippen LogP contribution in [0.25, 0.3) is 0 Å². The minimum absolute atomic E-state index is 0.186. The Morgan fingerprint density at radius 2 is 1.77 bits per heavy atom. The Hall–Kier alpha value is 0.137. The Kier molecular flexibility index (Phi) is 4.62. The summed E-state index contributed by atoms with van der Waals surface area (Å²) in [4.78, 5) is 0. The highest BCUT2D eigenvalue weighted by Gasteiger charge is 2.38. The van der Waals surface area contributed by atoms with E-state index in [1.54, 1.807) is 0 Å². The van der Waals surface area contributed by atoms with Crippen LogP contribution in [0.1, 0.15) is 34.1 Å². The summed E-state index contributed by atoms with van der Waals surface area (Å²) >= 11 is 0. The van der Waals surface area contributed by atoms with E-state index in [1.165, 1.54) is 0 Å². The zero-order valence-electron chi connectivity index (χ0n) is 9.85. The van der Waals surface area contributed by atoms with Gasteiger partial charge in [0, 0.05) is 12.7 Å². The average molecular weight is 204 g/mol. The van der Waals surface area contributed by atoms with Gasteiger partial charge in [0.15, 0.2) is 8.32 Å². The molecule has 2 nitrogen and oxygen atoms in total. The SMILES string of the molecule is C[C@@H](CCO)O[Si](C)(C)C(C)(C)C. The summed E-state index contributed by atoms with van der Waals surface area (Å²) in [6.07, 6.45) is 0.929. The molecule has 80 valence electrons. The number of rotatable bonds is 4. The third-order valence-corrected chi connectivity index (χ3v) is 7.44. The maximum Gasteiger partial charge on any atom is 0.192 e. The zero-order valence-corrected chi connectivity index (χ0v) is 10.8. The van der Waals surface area contributed by atoms with Crippen LogP contribution in [-0.2, 0) is 4.43 Å². The average Bonchev–Trinajstić information content (AvgIpc) is 1.83. The van der Waals surface area contributed by atoms with E-state index in [4.69, 9.17) is 9.53 Å². The van der Waals surface area contributed by atoms with Gasteiger partial charge in [-0.1, -0.05) is 20.8 Å². The first-order valence-corrected chi connectivity index (χ1v) is 7.90. The lowest BCUT2D eigenvalue weighted by Crippen LogP contribution is -2.43. The fourth-order valence-corrected chi connectivity index (χ4v) is 2.40. The van der Waals surface area contributed by atoms with Crippen LogP contribution in [-0.4, -0.2) is 26.1 Å². The lowest BCUT2D eigenvalue weighted by molar-refractivity contribution is 0.154. The molecule has 0 aromatic carbocycles. The molecule has 0 aromatic heterocycles. The maximum absolute atomic E-state index is 8.77. The van der Waals surface area contributed by atoms with Gasteiger partial charge in [0.1, 0.15) is 0 Å². The molecule has 3 heteroatoms. The zero-order chi connectivity index (χ0) is 10.7. The lowest BCUT2D eigenvalue weighted by atomic mass is 10.2. The molecule has 0 saturated heterocycles. The largest absolute Gasteiger partial charge is 0.414 e. The minimum Gasteiger partial charge on any atom is -0.414 e. The van der Waals surface area contributed by atoms with Crippen LogP contribution in [0.2, 0.25) is 18.1 Å². The number of hydrogen-bond donors (Lipinski definition) is 1. The van der Waals surface area contributed by atoms with Crippen LogP contribution < -0.4 is 0 Å². The molecule has 0 bridgehead atoms. The van der Waals surface area contributed by atoms with Crippen molar-refractivity contribution >= 4 is 8.32 Å². The molecule has 0 aromatic rings. The summed E-state index contributed by atoms with van der Waals surface area (Å²) in [6, 6.07) is 0. The van der Waals surface area contributed by atoms with Crippen molar-refractivity contribution < 1.29 is 9.53 Å². The minimum atomic E-state index is -1.62. The predicted molar refractivity (Wildman–Crippen MR) is 59.4 cm³/mol. The first-order valence-electron chi connectivity index (χ1n) is 4.99. The Morgan fingerprint density at radius 1 is 1.31 bits per heavy atom. The maximum atomic E-state index is 8.77. The third-order valence-electron chi connectivity index (χ3n) is 2.84. The van der Waals surface area contributed by atoms with Crippen molar-refractivity contribution in [2.45, 2.75) is 58.4 Å². The van der Waals surface area contributed by atoms with Gasteiger partial charge in [0.05, 0.1) is 0 Å². The summed E-state index contributed by atoms with van der Waals surface area (Å²) in [7, 11) is -1.62. The van der Waals surface area contributed by atoms with Gasteiger partial charge in [-0.3, -0.25) is 0 Å². The highest BCUT2D eigenvalue weighted by Crippen LogP contribution is 2.37. The van der Waals surface area contributed by atoms with Crippen LogP contribution in [0, 0.1) is 0 Å². The van der Waals surface area contributed by atoms with Crippen molar-refractivity contribution in [1.29, 1.82) is 0 Å². The van der Waals surface area contributed by atoms with Crippen molar-refractivity contribution in [3.05, 3.63) is 0 Å². The van der Waals surface area contributed by atoms with Gasteiger partial charge in [0.2, 0.25) is 0 Å². The van der Waals surface area contributed by atoms with Gasteiger partial charge in [-0.25, -0.2) is 0 Å². The Bertz CT molecular complexity index is 149.